The van der Waals surface area contributed by atoms with E-state index < -0.39 is 0 Å². The summed E-state index contributed by atoms with van der Waals surface area (Å²) in [5.74, 6) is 0.0331. The van der Waals surface area contributed by atoms with Gasteiger partial charge in [-0.25, -0.2) is 4.79 Å². The Hall–Kier alpha value is -1.70. The number of nitrogens with one attached hydrogen (secondary N) is 2. The van der Waals surface area contributed by atoms with Crippen LogP contribution in [0.5, 0.6) is 0 Å². The number of methoxy groups -OCH3 is 1. The van der Waals surface area contributed by atoms with E-state index >= 15 is 0 Å². The van der Waals surface area contributed by atoms with Crippen LogP contribution in [0, 0.1) is 0 Å². The molecule has 0 aliphatic heterocycles. The van der Waals surface area contributed by atoms with Crippen LogP contribution in [0.4, 0.5) is 4.79 Å². The molecule has 0 bridgehead atoms. The Morgan fingerprint density at radius 1 is 1.19 bits per heavy atom. The normalized spacial score (nSPS) is 10.3. The molecule has 0 aliphatic carbocycles. The maximum atomic E-state index is 12.1. The van der Waals surface area contributed by atoms with E-state index in [1.807, 2.05) is 23.6 Å². The number of carbonyl (C=O) groups is 2. The van der Waals surface area contributed by atoms with Gasteiger partial charge in [-0.3, -0.25) is 4.79 Å². The molecule has 0 saturated heterocycles. The molecule has 0 atom stereocenters. The number of hydrogen-bond acceptors (Lipinski definition) is 5. The zero-order valence-corrected chi connectivity index (χ0v) is 13.2. The molecule has 21 heavy (non-hydrogen) atoms. The van der Waals surface area contributed by atoms with Gasteiger partial charge in [0.05, 0.1) is 22.9 Å². The van der Waals surface area contributed by atoms with E-state index in [4.69, 9.17) is 4.74 Å². The maximum absolute atomic E-state index is 12.1. The van der Waals surface area contributed by atoms with Crippen molar-refractivity contribution in [1.82, 2.24) is 10.6 Å². The lowest BCUT2D eigenvalue weighted by Gasteiger charge is -2.05. The van der Waals surface area contributed by atoms with E-state index in [1.165, 1.54) is 22.7 Å². The first-order valence-corrected chi connectivity index (χ1v) is 8.08. The smallest absolute Gasteiger partial charge is 0.315 e. The number of urea groups is 1. The van der Waals surface area contributed by atoms with Gasteiger partial charge in [-0.15, -0.1) is 22.7 Å². The quantitative estimate of drug-likeness (QED) is 0.607. The standard InChI is InChI=1S/C14H16N2O3S2/c1-19-7-6-15-14(18)16-9-10-4-5-12(21-10)13(17)11-3-2-8-20-11/h2-5,8H,6-7,9H2,1H3,(H2,15,16,18). The van der Waals surface area contributed by atoms with Crippen LogP contribution in [0.15, 0.2) is 29.6 Å². The molecule has 2 N–H and O–H groups in total. The van der Waals surface area contributed by atoms with E-state index in [0.717, 1.165) is 9.75 Å². The van der Waals surface area contributed by atoms with Crippen LogP contribution >= 0.6 is 22.7 Å². The van der Waals surface area contributed by atoms with Gasteiger partial charge >= 0.3 is 6.03 Å². The van der Waals surface area contributed by atoms with Crippen LogP contribution in [0.2, 0.25) is 0 Å². The SMILES string of the molecule is COCCNC(=O)NCc1ccc(C(=O)c2cccs2)s1. The first-order chi connectivity index (χ1) is 10.2. The Morgan fingerprint density at radius 3 is 2.76 bits per heavy atom. The van der Waals surface area contributed by atoms with Crippen LogP contribution < -0.4 is 10.6 Å². The van der Waals surface area contributed by atoms with E-state index in [-0.39, 0.29) is 11.8 Å². The molecule has 2 aromatic rings. The molecule has 5 nitrogen and oxygen atoms in total. The van der Waals surface area contributed by atoms with Crippen LogP contribution in [0.3, 0.4) is 0 Å². The summed E-state index contributed by atoms with van der Waals surface area (Å²) >= 11 is 2.83. The monoisotopic (exact) mass is 324 g/mol. The number of rotatable bonds is 7. The number of ether oxygens (including phenoxy) is 1. The molecular formula is C14H16N2O3S2. The summed E-state index contributed by atoms with van der Waals surface area (Å²) in [4.78, 5) is 26.0. The zero-order valence-electron chi connectivity index (χ0n) is 11.5. The first-order valence-electron chi connectivity index (χ1n) is 6.38. The Balaban J connectivity index is 1.83. The number of amides is 2. The number of carbonyl (C=O) groups excluding carboxylic acids is 2. The minimum atomic E-state index is -0.244. The van der Waals surface area contributed by atoms with E-state index in [1.54, 1.807) is 13.2 Å². The molecule has 0 saturated carbocycles. The van der Waals surface area contributed by atoms with Crippen molar-refractivity contribution in [2.45, 2.75) is 6.54 Å². The molecule has 0 unspecified atom stereocenters. The number of ketones is 1. The van der Waals surface area contributed by atoms with E-state index in [2.05, 4.69) is 10.6 Å². The fourth-order valence-electron chi connectivity index (χ4n) is 1.62. The largest absolute Gasteiger partial charge is 0.383 e. The van der Waals surface area contributed by atoms with Gasteiger partial charge in [0.15, 0.2) is 0 Å². The van der Waals surface area contributed by atoms with Crippen molar-refractivity contribution < 1.29 is 14.3 Å². The Labute approximate surface area is 130 Å². The highest BCUT2D eigenvalue weighted by molar-refractivity contribution is 7.16. The Bertz CT molecular complexity index is 593. The van der Waals surface area contributed by atoms with Crippen LogP contribution in [-0.2, 0) is 11.3 Å². The molecule has 0 radical (unpaired) electrons. The zero-order chi connectivity index (χ0) is 15.1. The predicted octanol–water partition coefficient (Wildman–Crippen LogP) is 2.49. The van der Waals surface area contributed by atoms with Crippen molar-refractivity contribution in [2.75, 3.05) is 20.3 Å². The summed E-state index contributed by atoms with van der Waals surface area (Å²) in [6, 6.07) is 7.09. The predicted molar refractivity (Wildman–Crippen MR) is 84.2 cm³/mol. The molecule has 0 aliphatic rings. The number of thiophene rings is 2. The van der Waals surface area contributed by atoms with Gasteiger partial charge < -0.3 is 15.4 Å². The lowest BCUT2D eigenvalue weighted by Crippen LogP contribution is -2.36. The van der Waals surface area contributed by atoms with Crippen LogP contribution in [0.25, 0.3) is 0 Å². The van der Waals surface area contributed by atoms with Crippen molar-refractivity contribution in [3.05, 3.63) is 44.3 Å². The molecule has 7 heteroatoms. The fraction of sp³-hybridized carbons (Fsp3) is 0.286. The van der Waals surface area contributed by atoms with E-state index in [0.29, 0.717) is 24.6 Å². The van der Waals surface area contributed by atoms with Crippen molar-refractivity contribution in [3.63, 3.8) is 0 Å². The lowest BCUT2D eigenvalue weighted by atomic mass is 10.3. The van der Waals surface area contributed by atoms with Gasteiger partial charge in [0.25, 0.3) is 0 Å². The highest BCUT2D eigenvalue weighted by Gasteiger charge is 2.12. The molecule has 0 spiro atoms. The summed E-state index contributed by atoms with van der Waals surface area (Å²) in [5, 5.41) is 7.29. The average Bonchev–Trinajstić information content (AvgIpc) is 3.16. The Morgan fingerprint density at radius 2 is 2.05 bits per heavy atom. The molecule has 2 heterocycles. The van der Waals surface area contributed by atoms with Gasteiger partial charge in [0.2, 0.25) is 5.78 Å². The molecule has 2 rings (SSSR count). The van der Waals surface area contributed by atoms with Crippen LogP contribution in [0.1, 0.15) is 19.4 Å². The lowest BCUT2D eigenvalue weighted by molar-refractivity contribution is 0.104. The summed E-state index contributed by atoms with van der Waals surface area (Å²) < 4.78 is 4.84. The summed E-state index contributed by atoms with van der Waals surface area (Å²) in [7, 11) is 1.58. The van der Waals surface area contributed by atoms with Crippen molar-refractivity contribution in [3.8, 4) is 0 Å². The van der Waals surface area contributed by atoms with E-state index in [9.17, 15) is 9.59 Å². The van der Waals surface area contributed by atoms with Gasteiger partial charge in [-0.1, -0.05) is 6.07 Å². The third-order valence-electron chi connectivity index (χ3n) is 2.65. The summed E-state index contributed by atoms with van der Waals surface area (Å²) in [5.41, 5.74) is 0. The van der Waals surface area contributed by atoms with Crippen LogP contribution in [-0.4, -0.2) is 32.1 Å². The van der Waals surface area contributed by atoms with Crippen molar-refractivity contribution in [2.24, 2.45) is 0 Å². The maximum Gasteiger partial charge on any atom is 0.315 e. The second kappa shape index (κ2) is 7.92. The average molecular weight is 324 g/mol. The summed E-state index contributed by atoms with van der Waals surface area (Å²) in [6.45, 7) is 1.35. The molecule has 2 amide bonds. The third-order valence-corrected chi connectivity index (χ3v) is 4.60. The third kappa shape index (κ3) is 4.66. The highest BCUT2D eigenvalue weighted by atomic mass is 32.1. The highest BCUT2D eigenvalue weighted by Crippen LogP contribution is 2.22. The van der Waals surface area contributed by atoms with Gasteiger partial charge in [0, 0.05) is 18.5 Å². The molecule has 112 valence electrons. The molecule has 2 aromatic heterocycles. The minimum Gasteiger partial charge on any atom is -0.383 e. The second-order valence-electron chi connectivity index (χ2n) is 4.17. The van der Waals surface area contributed by atoms with Crippen molar-refractivity contribution in [1.29, 1.82) is 0 Å². The van der Waals surface area contributed by atoms with Gasteiger partial charge in [-0.2, -0.15) is 0 Å². The number of hydrogen-bond donors (Lipinski definition) is 2. The summed E-state index contributed by atoms with van der Waals surface area (Å²) in [6.07, 6.45) is 0. The Kier molecular flexibility index (Phi) is 5.91. The molecular weight excluding hydrogens is 308 g/mol. The topological polar surface area (TPSA) is 67.4 Å². The van der Waals surface area contributed by atoms with Crippen molar-refractivity contribution >= 4 is 34.5 Å². The second-order valence-corrected chi connectivity index (χ2v) is 6.29. The van der Waals surface area contributed by atoms with Gasteiger partial charge in [0.1, 0.15) is 0 Å². The molecule has 0 aromatic carbocycles. The molecule has 0 fully saturated rings. The first kappa shape index (κ1) is 15.7. The minimum absolute atomic E-state index is 0.0331. The van der Waals surface area contributed by atoms with Gasteiger partial charge in [-0.05, 0) is 23.6 Å². The fourth-order valence-corrected chi connectivity index (χ4v) is 3.26.